The molecule has 2 aromatic rings. The molecular weight excluding hydrogens is 771 g/mol. The van der Waals surface area contributed by atoms with Crippen LogP contribution in [0.4, 0.5) is 14.4 Å². The van der Waals surface area contributed by atoms with E-state index < -0.39 is 59.6 Å². The number of likely N-dealkylation sites (tertiary alicyclic amines) is 1. The number of nitrogens with two attached hydrogens (primary N) is 1. The zero-order valence-corrected chi connectivity index (χ0v) is 35.8. The van der Waals surface area contributed by atoms with Crippen LogP contribution >= 0.6 is 0 Å². The molecule has 4 unspecified atom stereocenters. The molecular formula is C43H65N9O8. The number of nitrogens with zero attached hydrogens (tertiary/aromatic N) is 1. The quantitative estimate of drug-likeness (QED) is 0.0921. The van der Waals surface area contributed by atoms with E-state index in [-0.39, 0.29) is 49.6 Å². The molecule has 9 N–H and O–H groups in total. The van der Waals surface area contributed by atoms with Crippen molar-refractivity contribution in [3.8, 4) is 0 Å². The van der Waals surface area contributed by atoms with Crippen LogP contribution in [0, 0.1) is 5.92 Å². The van der Waals surface area contributed by atoms with Crippen LogP contribution in [0.25, 0.3) is 0 Å². The third-order valence-corrected chi connectivity index (χ3v) is 9.75. The number of urea groups is 2. The first-order valence-corrected chi connectivity index (χ1v) is 20.7. The standard InChI is InChI=1S/C43H65N9O8/c1-28(2)25-33(36(53)48-32(19-13-14-22-46-40(44)57)39(56)52-23-20-31(21-24-52)47-41(58)45-6)49-37(54)34(26-29-15-9-7-10-16-29)50-38(55)35(27-30-17-11-8-12-18-30)51-42(59)60-43(3,4)5/h7-12,15-18,28,31-35H,13-14,19-27H2,1-6H3,(H,48,53)(H,49,54)(H,50,55)(H,51,59)(H3,44,46,57)(H2,45,47,58). The number of alkyl carbamates (subject to hydrolysis) is 1. The first-order chi connectivity index (χ1) is 28.4. The summed E-state index contributed by atoms with van der Waals surface area (Å²) in [6, 6.07) is 12.8. The van der Waals surface area contributed by atoms with Crippen molar-refractivity contribution in [1.82, 2.24) is 42.1 Å². The van der Waals surface area contributed by atoms with Gasteiger partial charge in [-0.15, -0.1) is 0 Å². The highest BCUT2D eigenvalue weighted by atomic mass is 16.6. The van der Waals surface area contributed by atoms with Crippen LogP contribution < -0.4 is 43.0 Å². The van der Waals surface area contributed by atoms with E-state index in [0.717, 1.165) is 11.1 Å². The van der Waals surface area contributed by atoms with E-state index in [1.54, 1.807) is 25.7 Å². The first-order valence-electron chi connectivity index (χ1n) is 20.7. The second-order valence-electron chi connectivity index (χ2n) is 16.5. The summed E-state index contributed by atoms with van der Waals surface area (Å²) in [5, 5.41) is 19.2. The molecule has 1 heterocycles. The largest absolute Gasteiger partial charge is 0.444 e. The van der Waals surface area contributed by atoms with Gasteiger partial charge in [-0.25, -0.2) is 14.4 Å². The van der Waals surface area contributed by atoms with Crippen molar-refractivity contribution in [2.75, 3.05) is 26.7 Å². The third-order valence-electron chi connectivity index (χ3n) is 9.75. The highest BCUT2D eigenvalue weighted by Gasteiger charge is 2.34. The number of piperidine rings is 1. The van der Waals surface area contributed by atoms with Crippen molar-refractivity contribution in [1.29, 1.82) is 0 Å². The molecule has 0 saturated carbocycles. The van der Waals surface area contributed by atoms with Gasteiger partial charge < -0.3 is 52.6 Å². The number of nitrogens with one attached hydrogen (secondary N) is 7. The van der Waals surface area contributed by atoms with Gasteiger partial charge in [0.2, 0.25) is 23.6 Å². The highest BCUT2D eigenvalue weighted by molar-refractivity contribution is 5.95. The van der Waals surface area contributed by atoms with Gasteiger partial charge in [-0.2, -0.15) is 0 Å². The number of hydrogen-bond donors (Lipinski definition) is 8. The molecule has 3 rings (SSSR count). The van der Waals surface area contributed by atoms with E-state index in [2.05, 4.69) is 37.2 Å². The number of carbonyl (C=O) groups is 7. The molecule has 0 spiro atoms. The van der Waals surface area contributed by atoms with E-state index in [1.165, 1.54) is 7.05 Å². The van der Waals surface area contributed by atoms with Crippen molar-refractivity contribution in [3.63, 3.8) is 0 Å². The lowest BCUT2D eigenvalue weighted by Gasteiger charge is -2.35. The van der Waals surface area contributed by atoms with E-state index in [1.807, 2.05) is 74.5 Å². The van der Waals surface area contributed by atoms with E-state index in [0.29, 0.717) is 45.3 Å². The van der Waals surface area contributed by atoms with Gasteiger partial charge in [0.25, 0.3) is 0 Å². The lowest BCUT2D eigenvalue weighted by atomic mass is 9.99. The number of carbonyl (C=O) groups excluding carboxylic acids is 7. The fourth-order valence-corrected chi connectivity index (χ4v) is 6.75. The molecule has 9 amide bonds. The van der Waals surface area contributed by atoms with Gasteiger partial charge in [0.15, 0.2) is 0 Å². The Morgan fingerprint density at radius 2 is 1.23 bits per heavy atom. The maximum Gasteiger partial charge on any atom is 0.408 e. The van der Waals surface area contributed by atoms with Crippen molar-refractivity contribution in [2.24, 2.45) is 11.7 Å². The van der Waals surface area contributed by atoms with Crippen LogP contribution in [-0.2, 0) is 36.8 Å². The van der Waals surface area contributed by atoms with Gasteiger partial charge in [-0.05, 0) is 76.3 Å². The normalized spacial score (nSPS) is 15.0. The maximum absolute atomic E-state index is 14.3. The minimum Gasteiger partial charge on any atom is -0.444 e. The summed E-state index contributed by atoms with van der Waals surface area (Å²) in [7, 11) is 1.53. The molecule has 0 radical (unpaired) electrons. The minimum atomic E-state index is -1.17. The maximum atomic E-state index is 14.3. The summed E-state index contributed by atoms with van der Waals surface area (Å²) >= 11 is 0. The van der Waals surface area contributed by atoms with Crippen LogP contribution in [0.1, 0.15) is 84.3 Å². The average molecular weight is 836 g/mol. The lowest BCUT2D eigenvalue weighted by Crippen LogP contribution is -2.59. The van der Waals surface area contributed by atoms with Crippen molar-refractivity contribution in [2.45, 2.75) is 122 Å². The van der Waals surface area contributed by atoms with E-state index in [9.17, 15) is 33.6 Å². The summed E-state index contributed by atoms with van der Waals surface area (Å²) < 4.78 is 5.46. The Morgan fingerprint density at radius 3 is 1.73 bits per heavy atom. The summed E-state index contributed by atoms with van der Waals surface area (Å²) in [5.74, 6) is -2.18. The molecule has 1 fully saturated rings. The molecule has 60 heavy (non-hydrogen) atoms. The molecule has 4 atom stereocenters. The van der Waals surface area contributed by atoms with Crippen molar-refractivity contribution < 1.29 is 38.3 Å². The monoisotopic (exact) mass is 835 g/mol. The summed E-state index contributed by atoms with van der Waals surface area (Å²) in [4.78, 5) is 94.2. The van der Waals surface area contributed by atoms with E-state index >= 15 is 0 Å². The van der Waals surface area contributed by atoms with Gasteiger partial charge in [-0.1, -0.05) is 74.5 Å². The van der Waals surface area contributed by atoms with Gasteiger partial charge in [-0.3, -0.25) is 19.2 Å². The average Bonchev–Trinajstić information content (AvgIpc) is 3.19. The van der Waals surface area contributed by atoms with Gasteiger partial charge in [0, 0.05) is 45.6 Å². The van der Waals surface area contributed by atoms with Crippen molar-refractivity contribution >= 4 is 41.8 Å². The molecule has 330 valence electrons. The number of hydrogen-bond acceptors (Lipinski definition) is 8. The molecule has 1 aliphatic heterocycles. The highest BCUT2D eigenvalue weighted by Crippen LogP contribution is 2.16. The Balaban J connectivity index is 1.85. The van der Waals surface area contributed by atoms with Gasteiger partial charge >= 0.3 is 18.2 Å². The van der Waals surface area contributed by atoms with Crippen LogP contribution in [0.2, 0.25) is 0 Å². The number of benzene rings is 2. The predicted octanol–water partition coefficient (Wildman–Crippen LogP) is 2.62. The van der Waals surface area contributed by atoms with Crippen LogP contribution in [0.15, 0.2) is 60.7 Å². The number of rotatable bonds is 20. The zero-order chi connectivity index (χ0) is 44.2. The van der Waals surface area contributed by atoms with Crippen LogP contribution in [0.5, 0.6) is 0 Å². The molecule has 0 aromatic heterocycles. The zero-order valence-electron chi connectivity index (χ0n) is 35.8. The number of ether oxygens (including phenoxy) is 1. The van der Waals surface area contributed by atoms with Gasteiger partial charge in [0.05, 0.1) is 0 Å². The predicted molar refractivity (Wildman–Crippen MR) is 227 cm³/mol. The molecule has 17 nitrogen and oxygen atoms in total. The SMILES string of the molecule is CNC(=O)NC1CCN(C(=O)C(CCCCNC(N)=O)NC(=O)C(CC(C)C)NC(=O)C(Cc2ccccc2)NC(=O)C(Cc2ccccc2)NC(=O)OC(C)(C)C)CC1. The molecule has 0 aliphatic carbocycles. The molecule has 2 aromatic carbocycles. The second kappa shape index (κ2) is 24.3. The van der Waals surface area contributed by atoms with Crippen LogP contribution in [0.3, 0.4) is 0 Å². The Labute approximate surface area is 353 Å². The van der Waals surface area contributed by atoms with Gasteiger partial charge in [0.1, 0.15) is 29.8 Å². The van der Waals surface area contributed by atoms with Crippen molar-refractivity contribution in [3.05, 3.63) is 71.8 Å². The number of primary amides is 1. The fourth-order valence-electron chi connectivity index (χ4n) is 6.75. The second-order valence-corrected chi connectivity index (χ2v) is 16.5. The van der Waals surface area contributed by atoms with E-state index in [4.69, 9.17) is 10.5 Å². The number of unbranched alkanes of at least 4 members (excludes halogenated alkanes) is 1. The Kier molecular flexibility index (Phi) is 19.6. The Bertz CT molecular complexity index is 1710. The molecule has 1 saturated heterocycles. The molecule has 17 heteroatoms. The fraction of sp³-hybridized carbons (Fsp3) is 0.558. The smallest absolute Gasteiger partial charge is 0.408 e. The third kappa shape index (κ3) is 18.0. The number of amides is 9. The summed E-state index contributed by atoms with van der Waals surface area (Å²) in [5.41, 5.74) is 5.89. The lowest BCUT2D eigenvalue weighted by molar-refractivity contribution is -0.138. The molecule has 0 bridgehead atoms. The Hall–Kier alpha value is -5.87. The summed E-state index contributed by atoms with van der Waals surface area (Å²) in [6.45, 7) is 9.96. The minimum absolute atomic E-state index is 0.0580. The van der Waals surface area contributed by atoms with Crippen LogP contribution in [-0.4, -0.2) is 109 Å². The summed E-state index contributed by atoms with van der Waals surface area (Å²) in [6.07, 6.45) is 1.90. The Morgan fingerprint density at radius 1 is 0.733 bits per heavy atom. The molecule has 1 aliphatic rings. The first kappa shape index (κ1) is 48.5. The topological polar surface area (TPSA) is 242 Å².